The van der Waals surface area contributed by atoms with Crippen LogP contribution in [0.25, 0.3) is 0 Å². The van der Waals surface area contributed by atoms with E-state index in [0.29, 0.717) is 6.42 Å². The second-order valence-corrected chi connectivity index (χ2v) is 8.99. The number of hydrogen-bond donors (Lipinski definition) is 1. The molecule has 2 rings (SSSR count). The van der Waals surface area contributed by atoms with E-state index < -0.39 is 34.4 Å². The molecule has 29 heavy (non-hydrogen) atoms. The molecule has 0 aliphatic heterocycles. The highest BCUT2D eigenvalue weighted by Crippen LogP contribution is 2.27. The van der Waals surface area contributed by atoms with Gasteiger partial charge in [-0.1, -0.05) is 48.9 Å². The average Bonchev–Trinajstić information content (AvgIpc) is 2.69. The van der Waals surface area contributed by atoms with Gasteiger partial charge in [0.1, 0.15) is 4.90 Å². The van der Waals surface area contributed by atoms with Gasteiger partial charge in [0.15, 0.2) is 6.61 Å². The van der Waals surface area contributed by atoms with Crippen LogP contribution >= 0.6 is 11.6 Å². The zero-order chi connectivity index (χ0) is 21.6. The number of rotatable bonds is 8. The molecule has 2 aromatic carbocycles. The smallest absolute Gasteiger partial charge is 0.313 e. The molecule has 0 aliphatic rings. The second-order valence-electron chi connectivity index (χ2n) is 6.46. The van der Waals surface area contributed by atoms with E-state index in [9.17, 15) is 18.0 Å². The Hall–Kier alpha value is -2.42. The SMILES string of the molecule is CC[C@@H](C(=O)OCC(=O)Nc1ccc(Cl)c(S(=O)(=O)N(C)C)c1)c1ccccc1. The fourth-order valence-corrected chi connectivity index (χ4v) is 4.03. The molecule has 0 bridgehead atoms. The number of amides is 1. The van der Waals surface area contributed by atoms with Crippen LogP contribution in [0.15, 0.2) is 53.4 Å². The molecule has 1 amide bonds. The zero-order valence-corrected chi connectivity index (χ0v) is 18.0. The second kappa shape index (κ2) is 9.87. The first-order valence-corrected chi connectivity index (χ1v) is 10.7. The molecule has 156 valence electrons. The number of esters is 1. The van der Waals surface area contributed by atoms with E-state index in [2.05, 4.69) is 5.32 Å². The molecule has 7 nitrogen and oxygen atoms in total. The highest BCUT2D eigenvalue weighted by Gasteiger charge is 2.23. The molecule has 0 saturated heterocycles. The van der Waals surface area contributed by atoms with Crippen LogP contribution in [-0.2, 0) is 24.3 Å². The van der Waals surface area contributed by atoms with Crippen LogP contribution in [0.1, 0.15) is 24.8 Å². The molecule has 1 N–H and O–H groups in total. The number of carbonyl (C=O) groups is 2. The number of carbonyl (C=O) groups excluding carboxylic acids is 2. The van der Waals surface area contributed by atoms with Gasteiger partial charge in [0.25, 0.3) is 5.91 Å². The minimum absolute atomic E-state index is 0.0387. The van der Waals surface area contributed by atoms with Crippen molar-refractivity contribution >= 4 is 39.2 Å². The maximum absolute atomic E-state index is 12.3. The summed E-state index contributed by atoms with van der Waals surface area (Å²) in [6, 6.07) is 13.3. The van der Waals surface area contributed by atoms with Gasteiger partial charge < -0.3 is 10.1 Å². The molecular weight excluding hydrogens is 416 g/mol. The first-order valence-electron chi connectivity index (χ1n) is 8.90. The van der Waals surface area contributed by atoms with Gasteiger partial charge in [0.2, 0.25) is 10.0 Å². The Kier molecular flexibility index (Phi) is 7.78. The van der Waals surface area contributed by atoms with E-state index in [4.69, 9.17) is 16.3 Å². The first kappa shape index (κ1) is 22.9. The van der Waals surface area contributed by atoms with Gasteiger partial charge in [0.05, 0.1) is 10.9 Å². The number of benzene rings is 2. The number of sulfonamides is 1. The summed E-state index contributed by atoms with van der Waals surface area (Å²) in [5, 5.41) is 2.55. The van der Waals surface area contributed by atoms with Crippen LogP contribution in [0.2, 0.25) is 5.02 Å². The summed E-state index contributed by atoms with van der Waals surface area (Å²) in [5.74, 6) is -1.55. The highest BCUT2D eigenvalue weighted by atomic mass is 35.5. The average molecular weight is 439 g/mol. The molecule has 0 spiro atoms. The Bertz CT molecular complexity index is 978. The molecule has 0 radical (unpaired) electrons. The van der Waals surface area contributed by atoms with E-state index in [1.54, 1.807) is 0 Å². The van der Waals surface area contributed by atoms with Crippen LogP contribution in [0, 0.1) is 0 Å². The van der Waals surface area contributed by atoms with E-state index in [-0.39, 0.29) is 15.6 Å². The van der Waals surface area contributed by atoms with Gasteiger partial charge >= 0.3 is 5.97 Å². The van der Waals surface area contributed by atoms with Gasteiger partial charge in [-0.2, -0.15) is 0 Å². The van der Waals surface area contributed by atoms with Crippen molar-refractivity contribution in [2.75, 3.05) is 26.0 Å². The summed E-state index contributed by atoms with van der Waals surface area (Å²) >= 11 is 5.99. The molecule has 0 unspecified atom stereocenters. The lowest BCUT2D eigenvalue weighted by Crippen LogP contribution is -2.25. The third-order valence-corrected chi connectivity index (χ3v) is 6.51. The quantitative estimate of drug-likeness (QED) is 0.638. The predicted octanol–water partition coefficient (Wildman–Crippen LogP) is 3.27. The van der Waals surface area contributed by atoms with Crippen molar-refractivity contribution in [2.45, 2.75) is 24.2 Å². The molecule has 1 atom stereocenters. The third-order valence-electron chi connectivity index (χ3n) is 4.21. The zero-order valence-electron chi connectivity index (χ0n) is 16.4. The highest BCUT2D eigenvalue weighted by molar-refractivity contribution is 7.89. The molecule has 2 aromatic rings. The first-order chi connectivity index (χ1) is 13.7. The topological polar surface area (TPSA) is 92.8 Å². The number of hydrogen-bond acceptors (Lipinski definition) is 5. The number of anilines is 1. The van der Waals surface area contributed by atoms with Crippen LogP contribution in [0.4, 0.5) is 5.69 Å². The largest absolute Gasteiger partial charge is 0.455 e. The summed E-state index contributed by atoms with van der Waals surface area (Å²) in [6.45, 7) is 1.37. The van der Waals surface area contributed by atoms with E-state index in [0.717, 1.165) is 9.87 Å². The van der Waals surface area contributed by atoms with Gasteiger partial charge in [-0.25, -0.2) is 12.7 Å². The van der Waals surface area contributed by atoms with Gasteiger partial charge in [-0.3, -0.25) is 9.59 Å². The number of nitrogens with zero attached hydrogens (tertiary/aromatic N) is 1. The van der Waals surface area contributed by atoms with Crippen molar-refractivity contribution in [3.8, 4) is 0 Å². The van der Waals surface area contributed by atoms with Crippen molar-refractivity contribution in [3.05, 3.63) is 59.1 Å². The molecule has 9 heteroatoms. The maximum atomic E-state index is 12.3. The molecule has 0 heterocycles. The fraction of sp³-hybridized carbons (Fsp3) is 0.300. The van der Waals surface area contributed by atoms with Crippen molar-refractivity contribution in [1.29, 1.82) is 0 Å². The van der Waals surface area contributed by atoms with Crippen molar-refractivity contribution in [3.63, 3.8) is 0 Å². The molecule has 0 saturated carbocycles. The van der Waals surface area contributed by atoms with Gasteiger partial charge in [0, 0.05) is 19.8 Å². The van der Waals surface area contributed by atoms with Gasteiger partial charge in [-0.05, 0) is 30.2 Å². The summed E-state index contributed by atoms with van der Waals surface area (Å²) in [5.41, 5.74) is 1.04. The van der Waals surface area contributed by atoms with Crippen LogP contribution in [-0.4, -0.2) is 45.3 Å². The molecule has 0 aliphatic carbocycles. The number of halogens is 1. The lowest BCUT2D eigenvalue weighted by Gasteiger charge is -2.15. The summed E-state index contributed by atoms with van der Waals surface area (Å²) < 4.78 is 30.8. The number of ether oxygens (including phenoxy) is 1. The van der Waals surface area contributed by atoms with Crippen molar-refractivity contribution in [2.24, 2.45) is 0 Å². The summed E-state index contributed by atoms with van der Waals surface area (Å²) in [7, 11) is -1.01. The van der Waals surface area contributed by atoms with E-state index in [1.165, 1.54) is 32.3 Å². The monoisotopic (exact) mass is 438 g/mol. The third kappa shape index (κ3) is 5.79. The lowest BCUT2D eigenvalue weighted by atomic mass is 9.97. The minimum atomic E-state index is -3.77. The lowest BCUT2D eigenvalue weighted by molar-refractivity contribution is -0.149. The number of nitrogens with one attached hydrogen (secondary N) is 1. The standard InChI is InChI=1S/C20H23ClN2O5S/c1-4-16(14-8-6-5-7-9-14)20(25)28-13-19(24)22-15-10-11-17(21)18(12-15)29(26,27)23(2)3/h5-12,16H,4,13H2,1-3H3,(H,22,24)/t16-/m1/s1. The Labute approximate surface area is 175 Å². The van der Waals surface area contributed by atoms with Crippen molar-refractivity contribution < 1.29 is 22.7 Å². The Balaban J connectivity index is 2.03. The Morgan fingerprint density at radius 2 is 1.79 bits per heavy atom. The van der Waals surface area contributed by atoms with Crippen LogP contribution in [0.5, 0.6) is 0 Å². The minimum Gasteiger partial charge on any atom is -0.455 e. The molecular formula is C20H23ClN2O5S. The Morgan fingerprint density at radius 1 is 1.14 bits per heavy atom. The predicted molar refractivity (Wildman–Crippen MR) is 111 cm³/mol. The summed E-state index contributed by atoms with van der Waals surface area (Å²) in [4.78, 5) is 24.4. The summed E-state index contributed by atoms with van der Waals surface area (Å²) in [6.07, 6.45) is 0.535. The van der Waals surface area contributed by atoms with E-state index in [1.807, 2.05) is 37.3 Å². The van der Waals surface area contributed by atoms with Crippen molar-refractivity contribution in [1.82, 2.24) is 4.31 Å². The van der Waals surface area contributed by atoms with Crippen LogP contribution < -0.4 is 5.32 Å². The fourth-order valence-electron chi connectivity index (χ4n) is 2.63. The normalized spacial score (nSPS) is 12.4. The Morgan fingerprint density at radius 3 is 2.38 bits per heavy atom. The van der Waals surface area contributed by atoms with E-state index >= 15 is 0 Å². The maximum Gasteiger partial charge on any atom is 0.313 e. The molecule has 0 fully saturated rings. The molecule has 0 aromatic heterocycles. The van der Waals surface area contributed by atoms with Gasteiger partial charge in [-0.15, -0.1) is 0 Å². The van der Waals surface area contributed by atoms with Crippen LogP contribution in [0.3, 0.4) is 0 Å².